The normalized spacial score (nSPS) is 18.9. The van der Waals surface area contributed by atoms with Crippen LogP contribution in [-0.2, 0) is 4.74 Å². The number of carbonyl (C=O) groups is 1. The lowest BCUT2D eigenvalue weighted by Gasteiger charge is -2.32. The number of para-hydroxylation sites is 1. The molecule has 0 radical (unpaired) electrons. The van der Waals surface area contributed by atoms with E-state index in [9.17, 15) is 14.9 Å². The zero-order valence-corrected chi connectivity index (χ0v) is 11.7. The van der Waals surface area contributed by atoms with Crippen LogP contribution in [0.2, 0.25) is 0 Å². The first kappa shape index (κ1) is 14.5. The van der Waals surface area contributed by atoms with E-state index in [1.165, 1.54) is 6.07 Å². The zero-order chi connectivity index (χ0) is 14.7. The van der Waals surface area contributed by atoms with Crippen molar-refractivity contribution in [1.29, 1.82) is 0 Å². The number of amides is 1. The second-order valence-electron chi connectivity index (χ2n) is 4.88. The highest BCUT2D eigenvalue weighted by Crippen LogP contribution is 2.25. The number of benzene rings is 1. The number of aryl methyl sites for hydroxylation is 1. The van der Waals surface area contributed by atoms with Crippen LogP contribution in [0.3, 0.4) is 0 Å². The standard InChI is InChI=1S/C14H18N2O4/c1-3-11-9-15(7-8-20-11)14(17)12-6-4-5-10(2)13(12)16(18)19/h4-6,11H,3,7-9H2,1-2H3. The molecule has 1 amide bonds. The summed E-state index contributed by atoms with van der Waals surface area (Å²) in [6.07, 6.45) is 0.830. The van der Waals surface area contributed by atoms with Crippen molar-refractivity contribution in [1.82, 2.24) is 4.90 Å². The van der Waals surface area contributed by atoms with Crippen LogP contribution in [-0.4, -0.2) is 41.5 Å². The van der Waals surface area contributed by atoms with Gasteiger partial charge in [-0.05, 0) is 19.4 Å². The Labute approximate surface area is 117 Å². The number of hydrogen-bond donors (Lipinski definition) is 0. The number of ether oxygens (including phenoxy) is 1. The van der Waals surface area contributed by atoms with E-state index in [4.69, 9.17) is 4.74 Å². The molecule has 0 spiro atoms. The highest BCUT2D eigenvalue weighted by molar-refractivity contribution is 5.98. The van der Waals surface area contributed by atoms with E-state index in [2.05, 4.69) is 0 Å². The Kier molecular flexibility index (Phi) is 4.34. The van der Waals surface area contributed by atoms with Crippen molar-refractivity contribution in [2.24, 2.45) is 0 Å². The van der Waals surface area contributed by atoms with Crippen molar-refractivity contribution in [3.05, 3.63) is 39.4 Å². The first-order chi connectivity index (χ1) is 9.54. The van der Waals surface area contributed by atoms with Gasteiger partial charge < -0.3 is 9.64 Å². The summed E-state index contributed by atoms with van der Waals surface area (Å²) in [7, 11) is 0. The summed E-state index contributed by atoms with van der Waals surface area (Å²) < 4.78 is 5.52. The summed E-state index contributed by atoms with van der Waals surface area (Å²) in [5.74, 6) is -0.290. The van der Waals surface area contributed by atoms with Gasteiger partial charge in [0.05, 0.1) is 17.6 Å². The minimum Gasteiger partial charge on any atom is -0.375 e. The third-order valence-electron chi connectivity index (χ3n) is 3.53. The van der Waals surface area contributed by atoms with Crippen LogP contribution in [0.15, 0.2) is 18.2 Å². The van der Waals surface area contributed by atoms with Crippen molar-refractivity contribution < 1.29 is 14.5 Å². The molecule has 20 heavy (non-hydrogen) atoms. The second-order valence-corrected chi connectivity index (χ2v) is 4.88. The molecule has 1 aliphatic heterocycles. The number of carbonyl (C=O) groups excluding carboxylic acids is 1. The van der Waals surface area contributed by atoms with Gasteiger partial charge >= 0.3 is 0 Å². The summed E-state index contributed by atoms with van der Waals surface area (Å²) in [6.45, 7) is 5.07. The van der Waals surface area contributed by atoms with Gasteiger partial charge in [-0.15, -0.1) is 0 Å². The number of rotatable bonds is 3. The number of morpholine rings is 1. The highest BCUT2D eigenvalue weighted by Gasteiger charge is 2.29. The molecule has 108 valence electrons. The van der Waals surface area contributed by atoms with Crippen LogP contribution < -0.4 is 0 Å². The van der Waals surface area contributed by atoms with Crippen LogP contribution >= 0.6 is 0 Å². The number of nitro benzene ring substituents is 1. The van der Waals surface area contributed by atoms with Crippen molar-refractivity contribution in [2.75, 3.05) is 19.7 Å². The molecule has 0 N–H and O–H groups in total. The molecule has 6 heteroatoms. The minimum atomic E-state index is -0.486. The third-order valence-corrected chi connectivity index (χ3v) is 3.53. The van der Waals surface area contributed by atoms with Gasteiger partial charge in [-0.2, -0.15) is 0 Å². The quantitative estimate of drug-likeness (QED) is 0.627. The summed E-state index contributed by atoms with van der Waals surface area (Å²) in [5, 5.41) is 11.2. The van der Waals surface area contributed by atoms with Gasteiger partial charge in [0.25, 0.3) is 11.6 Å². The maximum absolute atomic E-state index is 12.5. The molecule has 6 nitrogen and oxygen atoms in total. The molecule has 1 atom stereocenters. The minimum absolute atomic E-state index is 0.0107. The molecule has 1 aromatic rings. The molecule has 0 saturated carbocycles. The van der Waals surface area contributed by atoms with Gasteiger partial charge in [0, 0.05) is 18.7 Å². The van der Waals surface area contributed by atoms with E-state index in [1.807, 2.05) is 6.92 Å². The van der Waals surface area contributed by atoms with E-state index in [-0.39, 0.29) is 23.3 Å². The van der Waals surface area contributed by atoms with E-state index in [0.717, 1.165) is 6.42 Å². The van der Waals surface area contributed by atoms with Gasteiger partial charge in [0.15, 0.2) is 0 Å². The first-order valence-corrected chi connectivity index (χ1v) is 6.69. The van der Waals surface area contributed by atoms with E-state index < -0.39 is 4.92 Å². The Balaban J connectivity index is 2.29. The molecule has 0 bridgehead atoms. The lowest BCUT2D eigenvalue weighted by atomic mass is 10.1. The Morgan fingerprint density at radius 2 is 2.30 bits per heavy atom. The average Bonchev–Trinajstić information content (AvgIpc) is 2.45. The van der Waals surface area contributed by atoms with Crippen molar-refractivity contribution in [2.45, 2.75) is 26.4 Å². The summed E-state index contributed by atoms with van der Waals surface area (Å²) in [6, 6.07) is 4.83. The van der Waals surface area contributed by atoms with Gasteiger partial charge in [-0.25, -0.2) is 0 Å². The third kappa shape index (κ3) is 2.80. The fraction of sp³-hybridized carbons (Fsp3) is 0.500. The molecule has 1 unspecified atom stereocenters. The average molecular weight is 278 g/mol. The molecule has 1 aromatic carbocycles. The van der Waals surface area contributed by atoms with Crippen molar-refractivity contribution >= 4 is 11.6 Å². The largest absolute Gasteiger partial charge is 0.375 e. The topological polar surface area (TPSA) is 72.7 Å². The molecule has 1 heterocycles. The van der Waals surface area contributed by atoms with Crippen LogP contribution in [0.25, 0.3) is 0 Å². The SMILES string of the molecule is CCC1CN(C(=O)c2cccc(C)c2[N+](=O)[O-])CCO1. The van der Waals surface area contributed by atoms with Crippen LogP contribution in [0.5, 0.6) is 0 Å². The lowest BCUT2D eigenvalue weighted by molar-refractivity contribution is -0.385. The summed E-state index contributed by atoms with van der Waals surface area (Å²) in [4.78, 5) is 24.8. The van der Waals surface area contributed by atoms with Crippen molar-refractivity contribution in [3.8, 4) is 0 Å². The maximum Gasteiger partial charge on any atom is 0.285 e. The monoisotopic (exact) mass is 278 g/mol. The number of nitrogens with zero attached hydrogens (tertiary/aromatic N) is 2. The lowest BCUT2D eigenvalue weighted by Crippen LogP contribution is -2.45. The van der Waals surface area contributed by atoms with Crippen LogP contribution in [0, 0.1) is 17.0 Å². The van der Waals surface area contributed by atoms with Crippen LogP contribution in [0.4, 0.5) is 5.69 Å². The fourth-order valence-electron chi connectivity index (χ4n) is 2.39. The van der Waals surface area contributed by atoms with E-state index >= 15 is 0 Å². The predicted molar refractivity (Wildman–Crippen MR) is 73.8 cm³/mol. The first-order valence-electron chi connectivity index (χ1n) is 6.69. The number of hydrogen-bond acceptors (Lipinski definition) is 4. The second kappa shape index (κ2) is 6.00. The fourth-order valence-corrected chi connectivity index (χ4v) is 2.39. The Morgan fingerprint density at radius 1 is 1.55 bits per heavy atom. The van der Waals surface area contributed by atoms with Gasteiger partial charge in [0.2, 0.25) is 0 Å². The smallest absolute Gasteiger partial charge is 0.285 e. The zero-order valence-electron chi connectivity index (χ0n) is 11.7. The summed E-state index contributed by atoms with van der Waals surface area (Å²) >= 11 is 0. The van der Waals surface area contributed by atoms with Gasteiger partial charge in [0.1, 0.15) is 5.56 Å². The maximum atomic E-state index is 12.5. The number of nitro groups is 1. The Morgan fingerprint density at radius 3 is 2.95 bits per heavy atom. The molecule has 1 saturated heterocycles. The van der Waals surface area contributed by atoms with Crippen molar-refractivity contribution in [3.63, 3.8) is 0 Å². The molecular formula is C14H18N2O4. The molecule has 0 aliphatic carbocycles. The molecule has 1 fully saturated rings. The van der Waals surface area contributed by atoms with Gasteiger partial charge in [-0.1, -0.05) is 19.1 Å². The van der Waals surface area contributed by atoms with Crippen LogP contribution in [0.1, 0.15) is 29.3 Å². The van der Waals surface area contributed by atoms with Gasteiger partial charge in [-0.3, -0.25) is 14.9 Å². The predicted octanol–water partition coefficient (Wildman–Crippen LogP) is 2.15. The Bertz CT molecular complexity index is 530. The molecule has 1 aliphatic rings. The highest BCUT2D eigenvalue weighted by atomic mass is 16.6. The Hall–Kier alpha value is -1.95. The molecular weight excluding hydrogens is 260 g/mol. The molecule has 0 aromatic heterocycles. The summed E-state index contributed by atoms with van der Waals surface area (Å²) in [5.41, 5.74) is 0.560. The molecule has 2 rings (SSSR count). The van der Waals surface area contributed by atoms with E-state index in [1.54, 1.807) is 24.0 Å². The van der Waals surface area contributed by atoms with E-state index in [0.29, 0.717) is 25.3 Å².